The van der Waals surface area contributed by atoms with Crippen LogP contribution in [0, 0.1) is 11.8 Å². The van der Waals surface area contributed by atoms with Gasteiger partial charge in [0.2, 0.25) is 0 Å². The monoisotopic (exact) mass is 277 g/mol. The maximum Gasteiger partial charge on any atom is 0.337 e. The summed E-state index contributed by atoms with van der Waals surface area (Å²) in [5.74, 6) is 4.85. The van der Waals surface area contributed by atoms with Crippen LogP contribution in [-0.4, -0.2) is 21.0 Å². The number of benzene rings is 1. The molecule has 0 atom stereocenters. The van der Waals surface area contributed by atoms with Gasteiger partial charge in [0.1, 0.15) is 5.65 Å². The number of nitrogens with two attached hydrogens (primary N) is 1. The summed E-state index contributed by atoms with van der Waals surface area (Å²) >= 11 is 0. The maximum atomic E-state index is 11.0. The van der Waals surface area contributed by atoms with Crippen LogP contribution in [0.5, 0.6) is 0 Å². The van der Waals surface area contributed by atoms with Gasteiger partial charge in [-0.1, -0.05) is 17.9 Å². The smallest absolute Gasteiger partial charge is 0.337 e. The van der Waals surface area contributed by atoms with Crippen LogP contribution in [0.4, 0.5) is 5.69 Å². The van der Waals surface area contributed by atoms with Gasteiger partial charge in [0.25, 0.3) is 0 Å². The molecule has 0 fully saturated rings. The Kier molecular flexibility index (Phi) is 3.05. The molecule has 1 aromatic carbocycles. The summed E-state index contributed by atoms with van der Waals surface area (Å²) < 4.78 is 0. The molecule has 0 saturated carbocycles. The van der Waals surface area contributed by atoms with E-state index in [4.69, 9.17) is 10.8 Å². The van der Waals surface area contributed by atoms with Crippen molar-refractivity contribution in [3.8, 4) is 11.8 Å². The average Bonchev–Trinajstić information content (AvgIpc) is 2.89. The fraction of sp³-hybridized carbons (Fsp3) is 0. The molecule has 5 nitrogen and oxygen atoms in total. The zero-order valence-electron chi connectivity index (χ0n) is 10.9. The summed E-state index contributed by atoms with van der Waals surface area (Å²) in [4.78, 5) is 18.3. The predicted octanol–water partition coefficient (Wildman–Crippen LogP) is 2.24. The Morgan fingerprint density at radius 2 is 2.00 bits per heavy atom. The van der Waals surface area contributed by atoms with Crippen molar-refractivity contribution in [2.45, 2.75) is 0 Å². The second-order valence-corrected chi connectivity index (χ2v) is 4.42. The molecule has 102 valence electrons. The third-order valence-corrected chi connectivity index (χ3v) is 3.12. The molecule has 3 rings (SSSR count). The Balaban J connectivity index is 2.06. The second kappa shape index (κ2) is 5.02. The van der Waals surface area contributed by atoms with E-state index in [1.54, 1.807) is 24.5 Å². The van der Waals surface area contributed by atoms with Crippen LogP contribution in [0.25, 0.3) is 11.0 Å². The molecule has 0 radical (unpaired) electrons. The molecule has 21 heavy (non-hydrogen) atoms. The number of fused-ring (bicyclic) bond motifs is 1. The third kappa shape index (κ3) is 2.30. The number of carbonyl (C=O) groups is 1. The van der Waals surface area contributed by atoms with Crippen LogP contribution < -0.4 is 5.73 Å². The number of nitrogens with zero attached hydrogens (tertiary/aromatic N) is 1. The first-order valence-corrected chi connectivity index (χ1v) is 6.22. The lowest BCUT2D eigenvalue weighted by Gasteiger charge is -2.02. The Bertz CT molecular complexity index is 901. The number of para-hydroxylation sites is 1. The number of aromatic nitrogens is 2. The minimum atomic E-state index is -1.06. The number of hydrogen-bond acceptors (Lipinski definition) is 3. The van der Waals surface area contributed by atoms with E-state index in [1.807, 2.05) is 12.1 Å². The van der Waals surface area contributed by atoms with Crippen molar-refractivity contribution in [2.24, 2.45) is 0 Å². The number of H-pyrrole nitrogens is 1. The van der Waals surface area contributed by atoms with Crippen molar-refractivity contribution < 1.29 is 9.90 Å². The van der Waals surface area contributed by atoms with E-state index in [0.717, 1.165) is 16.6 Å². The van der Waals surface area contributed by atoms with Gasteiger partial charge in [-0.05, 0) is 24.3 Å². The van der Waals surface area contributed by atoms with Crippen LogP contribution in [0.3, 0.4) is 0 Å². The molecule has 0 aliphatic heterocycles. The molecule has 4 N–H and O–H groups in total. The first-order valence-electron chi connectivity index (χ1n) is 6.22. The summed E-state index contributed by atoms with van der Waals surface area (Å²) in [6.07, 6.45) is 3.46. The van der Waals surface area contributed by atoms with Gasteiger partial charge in [0, 0.05) is 23.3 Å². The van der Waals surface area contributed by atoms with E-state index >= 15 is 0 Å². The fourth-order valence-corrected chi connectivity index (χ4v) is 2.05. The topological polar surface area (TPSA) is 92.0 Å². The number of anilines is 1. The van der Waals surface area contributed by atoms with Gasteiger partial charge in [-0.25, -0.2) is 9.78 Å². The first kappa shape index (κ1) is 12.8. The van der Waals surface area contributed by atoms with Crippen LogP contribution in [0.15, 0.2) is 42.7 Å². The number of carboxylic acids is 1. The molecule has 0 aliphatic carbocycles. The maximum absolute atomic E-state index is 11.0. The quantitative estimate of drug-likeness (QED) is 0.470. The van der Waals surface area contributed by atoms with Gasteiger partial charge in [0.05, 0.1) is 16.8 Å². The number of pyridine rings is 1. The van der Waals surface area contributed by atoms with E-state index in [0.29, 0.717) is 5.56 Å². The van der Waals surface area contributed by atoms with Crippen molar-refractivity contribution >= 4 is 22.7 Å². The molecular formula is C16H11N3O2. The zero-order valence-corrected chi connectivity index (χ0v) is 10.9. The molecule has 0 unspecified atom stereocenters. The molecule has 0 aliphatic rings. The number of nitrogens with one attached hydrogen (secondary N) is 1. The first-order chi connectivity index (χ1) is 10.2. The number of aromatic carboxylic acids is 1. The fourth-order valence-electron chi connectivity index (χ4n) is 2.05. The van der Waals surface area contributed by atoms with Crippen molar-refractivity contribution in [1.82, 2.24) is 9.97 Å². The van der Waals surface area contributed by atoms with E-state index in [2.05, 4.69) is 21.8 Å². The Hall–Kier alpha value is -3.26. The van der Waals surface area contributed by atoms with Gasteiger partial charge in [-0.3, -0.25) is 0 Å². The van der Waals surface area contributed by atoms with E-state index in [-0.39, 0.29) is 11.3 Å². The molecule has 0 bridgehead atoms. The Labute approximate surface area is 120 Å². The molecule has 5 heteroatoms. The highest BCUT2D eigenvalue weighted by molar-refractivity contribution is 5.95. The molecule has 3 aromatic rings. The van der Waals surface area contributed by atoms with Crippen LogP contribution in [-0.2, 0) is 0 Å². The highest BCUT2D eigenvalue weighted by atomic mass is 16.4. The van der Waals surface area contributed by atoms with Crippen LogP contribution in [0.2, 0.25) is 0 Å². The zero-order chi connectivity index (χ0) is 14.8. The number of nitrogen functional groups attached to an aromatic ring is 1. The molecule has 2 aromatic heterocycles. The lowest BCUT2D eigenvalue weighted by Crippen LogP contribution is -2.03. The second-order valence-electron chi connectivity index (χ2n) is 4.42. The molecule has 2 heterocycles. The van der Waals surface area contributed by atoms with E-state index in [1.165, 1.54) is 6.07 Å². The summed E-state index contributed by atoms with van der Waals surface area (Å²) in [5, 5.41) is 9.96. The normalized spacial score (nSPS) is 10.1. The van der Waals surface area contributed by atoms with Gasteiger partial charge in [0.15, 0.2) is 0 Å². The lowest BCUT2D eigenvalue weighted by molar-refractivity contribution is 0.0698. The largest absolute Gasteiger partial charge is 0.478 e. The molecule has 0 spiro atoms. The Morgan fingerprint density at radius 1 is 1.19 bits per heavy atom. The van der Waals surface area contributed by atoms with Gasteiger partial charge < -0.3 is 15.8 Å². The van der Waals surface area contributed by atoms with Crippen molar-refractivity contribution in [2.75, 3.05) is 5.73 Å². The predicted molar refractivity (Wildman–Crippen MR) is 79.9 cm³/mol. The third-order valence-electron chi connectivity index (χ3n) is 3.12. The van der Waals surface area contributed by atoms with E-state index < -0.39 is 5.97 Å². The average molecular weight is 277 g/mol. The van der Waals surface area contributed by atoms with Crippen LogP contribution >= 0.6 is 0 Å². The number of rotatable bonds is 1. The summed E-state index contributed by atoms with van der Waals surface area (Å²) in [6.45, 7) is 0. The standard InChI is InChI=1S/C16H11N3O2/c17-14-10(3-1-4-13(14)16(20)21)6-7-11-9-19-15-12(11)5-2-8-18-15/h1-5,8-9H,17H2,(H,18,19)(H,20,21). The number of aromatic amines is 1. The van der Waals surface area contributed by atoms with Gasteiger partial charge >= 0.3 is 5.97 Å². The molecular weight excluding hydrogens is 266 g/mol. The summed E-state index contributed by atoms with van der Waals surface area (Å²) in [5.41, 5.74) is 8.11. The van der Waals surface area contributed by atoms with Crippen molar-refractivity contribution in [1.29, 1.82) is 0 Å². The molecule has 0 saturated heterocycles. The highest BCUT2D eigenvalue weighted by Gasteiger charge is 2.09. The minimum Gasteiger partial charge on any atom is -0.478 e. The molecule has 0 amide bonds. The highest BCUT2D eigenvalue weighted by Crippen LogP contribution is 2.18. The summed E-state index contributed by atoms with van der Waals surface area (Å²) in [7, 11) is 0. The number of hydrogen-bond donors (Lipinski definition) is 3. The Morgan fingerprint density at radius 3 is 2.81 bits per heavy atom. The minimum absolute atomic E-state index is 0.0578. The summed E-state index contributed by atoms with van der Waals surface area (Å²) in [6, 6.07) is 8.53. The van der Waals surface area contributed by atoms with Gasteiger partial charge in [-0.15, -0.1) is 0 Å². The van der Waals surface area contributed by atoms with E-state index in [9.17, 15) is 4.79 Å². The van der Waals surface area contributed by atoms with Crippen LogP contribution in [0.1, 0.15) is 21.5 Å². The number of carboxylic acid groups (broad SMARTS) is 1. The lowest BCUT2D eigenvalue weighted by atomic mass is 10.1. The van der Waals surface area contributed by atoms with Crippen molar-refractivity contribution in [3.05, 3.63) is 59.4 Å². The van der Waals surface area contributed by atoms with Gasteiger partial charge in [-0.2, -0.15) is 0 Å². The SMILES string of the molecule is Nc1c(C#Cc2c[nH]c3ncccc23)cccc1C(=O)O. The van der Waals surface area contributed by atoms with Crippen molar-refractivity contribution in [3.63, 3.8) is 0 Å².